The Morgan fingerprint density at radius 2 is 1.92 bits per heavy atom. The van der Waals surface area contributed by atoms with Gasteiger partial charge in [-0.2, -0.15) is 0 Å². The molecule has 6 heteroatoms. The summed E-state index contributed by atoms with van der Waals surface area (Å²) in [6.45, 7) is 0. The third-order valence-electron chi connectivity index (χ3n) is 3.90. The van der Waals surface area contributed by atoms with Crippen LogP contribution in [0.4, 0.5) is 10.1 Å². The third kappa shape index (κ3) is 3.76. The second-order valence-electron chi connectivity index (χ2n) is 5.38. The lowest BCUT2D eigenvalue weighted by atomic mass is 9.92. The Morgan fingerprint density at radius 1 is 1.25 bits per heavy atom. The molecule has 0 unspecified atom stereocenters. The molecule has 0 saturated carbocycles. The molecule has 0 radical (unpaired) electrons. The minimum atomic E-state index is -0.792. The molecule has 2 rings (SSSR count). The SMILES string of the molecule is COC(=O)/C(C=O)=C/C1=C(N(C)c2ccc(F)cc2)CCCC1=O. The predicted molar refractivity (Wildman–Crippen MR) is 86.9 cm³/mol. The van der Waals surface area contributed by atoms with Crippen LogP contribution in [-0.4, -0.2) is 32.2 Å². The molecule has 0 atom stereocenters. The van der Waals surface area contributed by atoms with Gasteiger partial charge in [0.05, 0.1) is 7.11 Å². The fourth-order valence-electron chi connectivity index (χ4n) is 2.59. The Hall–Kier alpha value is -2.76. The fraction of sp³-hybridized carbons (Fsp3) is 0.278. The number of ketones is 1. The molecule has 126 valence electrons. The third-order valence-corrected chi connectivity index (χ3v) is 3.90. The van der Waals surface area contributed by atoms with Crippen molar-refractivity contribution < 1.29 is 23.5 Å². The van der Waals surface area contributed by atoms with E-state index in [2.05, 4.69) is 4.74 Å². The molecule has 0 fully saturated rings. The summed E-state index contributed by atoms with van der Waals surface area (Å²) in [5.74, 6) is -1.29. The normalized spacial score (nSPS) is 15.3. The molecule has 0 heterocycles. The largest absolute Gasteiger partial charge is 0.465 e. The highest BCUT2D eigenvalue weighted by Crippen LogP contribution is 2.29. The van der Waals surface area contributed by atoms with Gasteiger partial charge in [-0.15, -0.1) is 0 Å². The topological polar surface area (TPSA) is 63.7 Å². The molecule has 0 aliphatic heterocycles. The van der Waals surface area contributed by atoms with Crippen molar-refractivity contribution >= 4 is 23.7 Å². The summed E-state index contributed by atoms with van der Waals surface area (Å²) < 4.78 is 17.6. The second kappa shape index (κ2) is 7.68. The van der Waals surface area contributed by atoms with Gasteiger partial charge >= 0.3 is 5.97 Å². The molecule has 0 amide bonds. The minimum Gasteiger partial charge on any atom is -0.465 e. The van der Waals surface area contributed by atoms with Gasteiger partial charge in [0.2, 0.25) is 0 Å². The number of nitrogens with zero attached hydrogens (tertiary/aromatic N) is 1. The molecule has 5 nitrogen and oxygen atoms in total. The van der Waals surface area contributed by atoms with Gasteiger partial charge < -0.3 is 9.64 Å². The number of allylic oxidation sites excluding steroid dienone is 3. The number of carbonyl (C=O) groups excluding carboxylic acids is 3. The molecule has 0 spiro atoms. The van der Waals surface area contributed by atoms with E-state index in [1.807, 2.05) is 0 Å². The Balaban J connectivity index is 2.50. The Morgan fingerprint density at radius 3 is 2.50 bits per heavy atom. The van der Waals surface area contributed by atoms with Crippen LogP contribution in [0.3, 0.4) is 0 Å². The average molecular weight is 331 g/mol. The highest BCUT2D eigenvalue weighted by molar-refractivity contribution is 6.11. The monoisotopic (exact) mass is 331 g/mol. The van der Waals surface area contributed by atoms with E-state index in [0.29, 0.717) is 42.5 Å². The Kier molecular flexibility index (Phi) is 5.63. The van der Waals surface area contributed by atoms with Crippen LogP contribution >= 0.6 is 0 Å². The first kappa shape index (κ1) is 17.6. The van der Waals surface area contributed by atoms with Crippen molar-refractivity contribution in [2.24, 2.45) is 0 Å². The Bertz CT molecular complexity index is 719. The van der Waals surface area contributed by atoms with Crippen LogP contribution in [0.2, 0.25) is 0 Å². The van der Waals surface area contributed by atoms with Gasteiger partial charge in [-0.25, -0.2) is 9.18 Å². The van der Waals surface area contributed by atoms with Crippen molar-refractivity contribution in [1.29, 1.82) is 0 Å². The number of rotatable bonds is 5. The molecule has 1 aliphatic carbocycles. The van der Waals surface area contributed by atoms with Gasteiger partial charge in [0, 0.05) is 30.4 Å². The summed E-state index contributed by atoms with van der Waals surface area (Å²) in [6.07, 6.45) is 3.27. The van der Waals surface area contributed by atoms with Gasteiger partial charge in [0.15, 0.2) is 12.1 Å². The quantitative estimate of drug-likeness (QED) is 0.273. The summed E-state index contributed by atoms with van der Waals surface area (Å²) >= 11 is 0. The number of ether oxygens (including phenoxy) is 1. The number of methoxy groups -OCH3 is 1. The highest BCUT2D eigenvalue weighted by atomic mass is 19.1. The van der Waals surface area contributed by atoms with E-state index in [4.69, 9.17) is 0 Å². The zero-order valence-electron chi connectivity index (χ0n) is 13.5. The first-order chi connectivity index (χ1) is 11.5. The number of benzene rings is 1. The zero-order chi connectivity index (χ0) is 17.7. The lowest BCUT2D eigenvalue weighted by Crippen LogP contribution is -2.24. The van der Waals surface area contributed by atoms with Gasteiger partial charge in [0.1, 0.15) is 11.4 Å². The predicted octanol–water partition coefficient (Wildman–Crippen LogP) is 2.57. The number of hydrogen-bond donors (Lipinski definition) is 0. The van der Waals surface area contributed by atoms with Crippen molar-refractivity contribution in [3.05, 3.63) is 53.0 Å². The first-order valence-corrected chi connectivity index (χ1v) is 7.48. The summed E-state index contributed by atoms with van der Waals surface area (Å²) in [4.78, 5) is 36.8. The molecule has 1 aromatic carbocycles. The number of carbonyl (C=O) groups is 3. The number of Topliss-reactive ketones (excluding diaryl/α,β-unsaturated/α-hetero) is 1. The maximum absolute atomic E-state index is 13.1. The van der Waals surface area contributed by atoms with E-state index >= 15 is 0 Å². The highest BCUT2D eigenvalue weighted by Gasteiger charge is 2.24. The van der Waals surface area contributed by atoms with Crippen molar-refractivity contribution in [2.45, 2.75) is 19.3 Å². The van der Waals surface area contributed by atoms with E-state index in [0.717, 1.165) is 0 Å². The minimum absolute atomic E-state index is 0.145. The van der Waals surface area contributed by atoms with Crippen LogP contribution in [0.1, 0.15) is 19.3 Å². The number of anilines is 1. The van der Waals surface area contributed by atoms with Crippen LogP contribution in [0.15, 0.2) is 47.2 Å². The molecular weight excluding hydrogens is 313 g/mol. The van der Waals surface area contributed by atoms with E-state index in [-0.39, 0.29) is 17.2 Å². The number of hydrogen-bond acceptors (Lipinski definition) is 5. The van der Waals surface area contributed by atoms with Crippen LogP contribution in [0, 0.1) is 5.82 Å². The molecule has 0 saturated heterocycles. The van der Waals surface area contributed by atoms with Crippen molar-refractivity contribution in [1.82, 2.24) is 0 Å². The average Bonchev–Trinajstić information content (AvgIpc) is 2.60. The van der Waals surface area contributed by atoms with E-state index in [9.17, 15) is 18.8 Å². The van der Waals surface area contributed by atoms with Crippen LogP contribution in [0.25, 0.3) is 0 Å². The molecule has 0 N–H and O–H groups in total. The van der Waals surface area contributed by atoms with Crippen molar-refractivity contribution in [3.8, 4) is 0 Å². The van der Waals surface area contributed by atoms with Crippen molar-refractivity contribution in [3.63, 3.8) is 0 Å². The molecule has 0 bridgehead atoms. The van der Waals surface area contributed by atoms with E-state index in [1.54, 1.807) is 24.1 Å². The maximum atomic E-state index is 13.1. The zero-order valence-corrected chi connectivity index (χ0v) is 13.5. The standard InChI is InChI=1S/C18H18FNO4/c1-20(14-8-6-13(19)7-9-14)16-4-3-5-17(22)15(16)10-12(11-21)18(23)24-2/h6-11H,3-5H2,1-2H3/b12-10+. The maximum Gasteiger partial charge on any atom is 0.341 e. The van der Waals surface area contributed by atoms with Gasteiger partial charge in [0.25, 0.3) is 0 Å². The summed E-state index contributed by atoms with van der Waals surface area (Å²) in [6, 6.07) is 5.86. The summed E-state index contributed by atoms with van der Waals surface area (Å²) in [7, 11) is 2.93. The number of halogens is 1. The Labute approximate surface area is 139 Å². The molecule has 24 heavy (non-hydrogen) atoms. The smallest absolute Gasteiger partial charge is 0.341 e. The summed E-state index contributed by atoms with van der Waals surface area (Å²) in [5, 5.41) is 0. The van der Waals surface area contributed by atoms with Gasteiger partial charge in [-0.3, -0.25) is 9.59 Å². The summed E-state index contributed by atoms with van der Waals surface area (Å²) in [5.41, 5.74) is 1.48. The fourth-order valence-corrected chi connectivity index (χ4v) is 2.59. The lowest BCUT2D eigenvalue weighted by molar-refractivity contribution is -0.136. The molecule has 0 aromatic heterocycles. The first-order valence-electron chi connectivity index (χ1n) is 7.48. The van der Waals surface area contributed by atoms with Crippen LogP contribution < -0.4 is 4.90 Å². The van der Waals surface area contributed by atoms with Gasteiger partial charge in [-0.1, -0.05) is 0 Å². The molecular formula is C18H18FNO4. The van der Waals surface area contributed by atoms with Crippen molar-refractivity contribution in [2.75, 3.05) is 19.1 Å². The number of esters is 1. The van der Waals surface area contributed by atoms with E-state index in [1.165, 1.54) is 25.3 Å². The van der Waals surface area contributed by atoms with E-state index < -0.39 is 5.97 Å². The molecule has 1 aliphatic rings. The van der Waals surface area contributed by atoms with Crippen LogP contribution in [0.5, 0.6) is 0 Å². The van der Waals surface area contributed by atoms with Gasteiger partial charge in [-0.05, 0) is 43.2 Å². The second-order valence-corrected chi connectivity index (χ2v) is 5.38. The number of aldehydes is 1. The molecule has 1 aromatic rings. The van der Waals surface area contributed by atoms with Crippen LogP contribution in [-0.2, 0) is 19.1 Å². The lowest BCUT2D eigenvalue weighted by Gasteiger charge is -2.28.